The van der Waals surface area contributed by atoms with Gasteiger partial charge < -0.3 is 24.3 Å². The van der Waals surface area contributed by atoms with Gasteiger partial charge in [0.25, 0.3) is 10.1 Å². The Bertz CT molecular complexity index is 1390. The summed E-state index contributed by atoms with van der Waals surface area (Å²) in [5.41, 5.74) is 2.39. The van der Waals surface area contributed by atoms with Crippen molar-refractivity contribution >= 4 is 16.2 Å². The molecule has 0 aliphatic carbocycles. The predicted octanol–water partition coefficient (Wildman–Crippen LogP) is 5.80. The number of ether oxygens (including phenoxy) is 4. The SMILES string of the molecule is C=C(CNC(=O)OC(C)(C)C)[C@@H](OCc1ccccc1)[C@H](OCc1ccccc1)[C@@H](COCc1ccccc1)OS(C)(=O)=O. The molecule has 44 heavy (non-hydrogen) atoms. The van der Waals surface area contributed by atoms with E-state index in [4.69, 9.17) is 23.1 Å². The van der Waals surface area contributed by atoms with Gasteiger partial charge in [0.05, 0.1) is 32.7 Å². The molecule has 0 aromatic heterocycles. The highest BCUT2D eigenvalue weighted by Gasteiger charge is 2.37. The van der Waals surface area contributed by atoms with E-state index in [1.54, 1.807) is 20.8 Å². The van der Waals surface area contributed by atoms with Gasteiger partial charge in [-0.25, -0.2) is 4.79 Å². The van der Waals surface area contributed by atoms with Crippen molar-refractivity contribution in [3.05, 3.63) is 120 Å². The zero-order valence-corrected chi connectivity index (χ0v) is 26.6. The summed E-state index contributed by atoms with van der Waals surface area (Å²) in [6, 6.07) is 28.5. The number of hydrogen-bond acceptors (Lipinski definition) is 8. The van der Waals surface area contributed by atoms with E-state index in [1.165, 1.54) is 0 Å². The molecule has 3 atom stereocenters. The highest BCUT2D eigenvalue weighted by atomic mass is 32.2. The molecule has 0 saturated carbocycles. The molecule has 0 unspecified atom stereocenters. The van der Waals surface area contributed by atoms with Crippen molar-refractivity contribution in [1.82, 2.24) is 5.32 Å². The van der Waals surface area contributed by atoms with Crippen molar-refractivity contribution in [2.24, 2.45) is 0 Å². The van der Waals surface area contributed by atoms with Crippen molar-refractivity contribution in [3.8, 4) is 0 Å². The number of nitrogens with one attached hydrogen (secondary N) is 1. The van der Waals surface area contributed by atoms with Crippen LogP contribution >= 0.6 is 0 Å². The van der Waals surface area contributed by atoms with Crippen molar-refractivity contribution in [2.75, 3.05) is 19.4 Å². The molecule has 1 N–H and O–H groups in total. The van der Waals surface area contributed by atoms with E-state index in [0.29, 0.717) is 5.57 Å². The van der Waals surface area contributed by atoms with E-state index < -0.39 is 40.1 Å². The number of benzene rings is 3. The smallest absolute Gasteiger partial charge is 0.407 e. The number of alkyl carbamates (subject to hydrolysis) is 1. The Hall–Kier alpha value is -3.54. The first kappa shape index (κ1) is 34.9. The van der Waals surface area contributed by atoms with Crippen LogP contribution in [0.5, 0.6) is 0 Å². The molecule has 9 nitrogen and oxygen atoms in total. The third-order valence-corrected chi connectivity index (χ3v) is 6.77. The number of hydrogen-bond donors (Lipinski definition) is 1. The Morgan fingerprint density at radius 1 is 0.795 bits per heavy atom. The minimum atomic E-state index is -3.95. The zero-order chi connectivity index (χ0) is 32.0. The minimum absolute atomic E-state index is 0.0178. The van der Waals surface area contributed by atoms with E-state index >= 15 is 0 Å². The van der Waals surface area contributed by atoms with Crippen molar-refractivity contribution in [2.45, 2.75) is 64.5 Å². The molecule has 0 spiro atoms. The fourth-order valence-electron chi connectivity index (χ4n) is 4.23. The quantitative estimate of drug-likeness (QED) is 0.148. The predicted molar refractivity (Wildman–Crippen MR) is 169 cm³/mol. The van der Waals surface area contributed by atoms with Gasteiger partial charge in [0.1, 0.15) is 23.9 Å². The monoisotopic (exact) mass is 625 g/mol. The molecular weight excluding hydrogens is 582 g/mol. The third-order valence-electron chi connectivity index (χ3n) is 6.18. The molecule has 3 rings (SSSR count). The molecule has 3 aromatic rings. The van der Waals surface area contributed by atoms with Gasteiger partial charge in [-0.15, -0.1) is 0 Å². The van der Waals surface area contributed by atoms with E-state index in [9.17, 15) is 13.2 Å². The Kier molecular flexibility index (Phi) is 13.6. The van der Waals surface area contributed by atoms with Crippen LogP contribution in [0.2, 0.25) is 0 Å². The molecule has 0 fully saturated rings. The van der Waals surface area contributed by atoms with Gasteiger partial charge in [-0.3, -0.25) is 4.18 Å². The molecule has 0 heterocycles. The lowest BCUT2D eigenvalue weighted by atomic mass is 10.0. The summed E-state index contributed by atoms with van der Waals surface area (Å²) in [4.78, 5) is 12.5. The van der Waals surface area contributed by atoms with E-state index in [2.05, 4.69) is 11.9 Å². The molecule has 3 aromatic carbocycles. The van der Waals surface area contributed by atoms with Gasteiger partial charge in [0.15, 0.2) is 0 Å². The van der Waals surface area contributed by atoms with Crippen LogP contribution in [0.1, 0.15) is 37.5 Å². The van der Waals surface area contributed by atoms with Gasteiger partial charge >= 0.3 is 6.09 Å². The second kappa shape index (κ2) is 17.1. The van der Waals surface area contributed by atoms with Crippen molar-refractivity contribution in [3.63, 3.8) is 0 Å². The first-order valence-corrected chi connectivity index (χ1v) is 16.2. The van der Waals surface area contributed by atoms with Crippen LogP contribution < -0.4 is 5.32 Å². The molecule has 1 amide bonds. The van der Waals surface area contributed by atoms with Gasteiger partial charge in [0.2, 0.25) is 0 Å². The molecule has 10 heteroatoms. The van der Waals surface area contributed by atoms with Crippen LogP contribution in [0.3, 0.4) is 0 Å². The summed E-state index contributed by atoms with van der Waals surface area (Å²) in [5.74, 6) is 0. The summed E-state index contributed by atoms with van der Waals surface area (Å²) in [7, 11) is -3.95. The lowest BCUT2D eigenvalue weighted by Gasteiger charge is -2.34. The fourth-order valence-corrected chi connectivity index (χ4v) is 4.85. The van der Waals surface area contributed by atoms with Crippen LogP contribution in [0.25, 0.3) is 0 Å². The van der Waals surface area contributed by atoms with Crippen molar-refractivity contribution < 1.29 is 36.3 Å². The molecule has 0 bridgehead atoms. The highest BCUT2D eigenvalue weighted by molar-refractivity contribution is 7.86. The summed E-state index contributed by atoms with van der Waals surface area (Å²) >= 11 is 0. The second-order valence-electron chi connectivity index (χ2n) is 11.3. The zero-order valence-electron chi connectivity index (χ0n) is 25.8. The molecule has 0 aliphatic heterocycles. The lowest BCUT2D eigenvalue weighted by Crippen LogP contribution is -2.48. The first-order chi connectivity index (χ1) is 20.9. The Morgan fingerprint density at radius 2 is 1.27 bits per heavy atom. The Morgan fingerprint density at radius 3 is 1.75 bits per heavy atom. The maximum atomic E-state index is 12.5. The van der Waals surface area contributed by atoms with Crippen LogP contribution in [0, 0.1) is 0 Å². The summed E-state index contributed by atoms with van der Waals surface area (Å²) in [6.45, 7) is 9.88. The molecule has 0 radical (unpaired) electrons. The van der Waals surface area contributed by atoms with Gasteiger partial charge in [-0.1, -0.05) is 97.6 Å². The molecule has 0 saturated heterocycles. The molecular formula is C34H43NO8S. The Balaban J connectivity index is 1.92. The van der Waals surface area contributed by atoms with Crippen LogP contribution in [-0.2, 0) is 53.1 Å². The van der Waals surface area contributed by atoms with Gasteiger partial charge in [-0.2, -0.15) is 8.42 Å². The number of rotatable bonds is 17. The maximum absolute atomic E-state index is 12.5. The highest BCUT2D eigenvalue weighted by Crippen LogP contribution is 2.23. The largest absolute Gasteiger partial charge is 0.444 e. The number of amides is 1. The van der Waals surface area contributed by atoms with Gasteiger partial charge in [-0.05, 0) is 43.0 Å². The summed E-state index contributed by atoms with van der Waals surface area (Å²) < 4.78 is 54.7. The topological polar surface area (TPSA) is 109 Å². The summed E-state index contributed by atoms with van der Waals surface area (Å²) in [6.07, 6.45) is -2.68. The van der Waals surface area contributed by atoms with Crippen molar-refractivity contribution in [1.29, 1.82) is 0 Å². The third kappa shape index (κ3) is 13.4. The van der Waals surface area contributed by atoms with E-state index in [1.807, 2.05) is 91.0 Å². The Labute approximate surface area is 261 Å². The maximum Gasteiger partial charge on any atom is 0.407 e. The van der Waals surface area contributed by atoms with Crippen LogP contribution in [0.15, 0.2) is 103 Å². The van der Waals surface area contributed by atoms with Gasteiger partial charge in [0, 0.05) is 6.54 Å². The lowest BCUT2D eigenvalue weighted by molar-refractivity contribution is -0.128. The average molecular weight is 626 g/mol. The minimum Gasteiger partial charge on any atom is -0.444 e. The molecule has 238 valence electrons. The summed E-state index contributed by atoms with van der Waals surface area (Å²) in [5, 5.41) is 2.71. The number of carbonyl (C=O) groups is 1. The normalized spacial score (nSPS) is 13.9. The fraction of sp³-hybridized carbons (Fsp3) is 0.382. The van der Waals surface area contributed by atoms with Crippen LogP contribution in [-0.4, -0.2) is 57.8 Å². The first-order valence-electron chi connectivity index (χ1n) is 14.3. The molecule has 0 aliphatic rings. The average Bonchev–Trinajstić information content (AvgIpc) is 2.97. The number of carbonyl (C=O) groups excluding carboxylic acids is 1. The van der Waals surface area contributed by atoms with E-state index in [-0.39, 0.29) is 33.0 Å². The standard InChI is InChI=1S/C34H43NO8S/c1-26(21-35-33(36)42-34(2,3)4)31(40-23-28-17-11-7-12-18-28)32(41-24-29-19-13-8-14-20-29)30(43-44(5,37)38)25-39-22-27-15-9-6-10-16-27/h6-20,30-32H,1,21-25H2,2-5H3,(H,35,36)/t30-,31-,32-/m1/s1. The second-order valence-corrected chi connectivity index (χ2v) is 12.9. The van der Waals surface area contributed by atoms with Crippen LogP contribution in [0.4, 0.5) is 4.79 Å². The van der Waals surface area contributed by atoms with E-state index in [0.717, 1.165) is 22.9 Å².